The maximum absolute atomic E-state index is 3.84. The van der Waals surface area contributed by atoms with E-state index in [0.717, 1.165) is 12.1 Å². The highest BCUT2D eigenvalue weighted by Crippen LogP contribution is 2.15. The Morgan fingerprint density at radius 2 is 2.00 bits per heavy atom. The van der Waals surface area contributed by atoms with Gasteiger partial charge in [-0.05, 0) is 65.2 Å². The Morgan fingerprint density at radius 3 is 2.61 bits per heavy atom. The van der Waals surface area contributed by atoms with Crippen molar-refractivity contribution in [3.05, 3.63) is 0 Å². The van der Waals surface area contributed by atoms with E-state index in [-0.39, 0.29) is 0 Å². The fourth-order valence-corrected chi connectivity index (χ4v) is 3.44. The molecular weight excluding hydrogens is 222 g/mol. The lowest BCUT2D eigenvalue weighted by atomic mass is 9.97. The molecule has 0 spiro atoms. The Bertz CT molecular complexity index is 218. The van der Waals surface area contributed by atoms with Crippen LogP contribution in [0.1, 0.15) is 52.4 Å². The van der Waals surface area contributed by atoms with Crippen molar-refractivity contribution in [2.24, 2.45) is 0 Å². The average Bonchev–Trinajstić information content (AvgIpc) is 2.40. The average molecular weight is 253 g/mol. The van der Waals surface area contributed by atoms with Gasteiger partial charge >= 0.3 is 0 Å². The molecule has 0 saturated carbocycles. The summed E-state index contributed by atoms with van der Waals surface area (Å²) in [5.74, 6) is 0. The zero-order valence-electron chi connectivity index (χ0n) is 12.3. The van der Waals surface area contributed by atoms with Crippen LogP contribution in [-0.4, -0.2) is 49.2 Å². The third kappa shape index (κ3) is 4.52. The lowest BCUT2D eigenvalue weighted by Crippen LogP contribution is -2.47. The molecule has 0 amide bonds. The van der Waals surface area contributed by atoms with E-state index in [1.165, 1.54) is 64.7 Å². The van der Waals surface area contributed by atoms with Crippen LogP contribution in [-0.2, 0) is 0 Å². The summed E-state index contributed by atoms with van der Waals surface area (Å²) in [7, 11) is 0. The Morgan fingerprint density at radius 1 is 1.22 bits per heavy atom. The van der Waals surface area contributed by atoms with Crippen molar-refractivity contribution in [3.8, 4) is 0 Å². The lowest BCUT2D eigenvalue weighted by molar-refractivity contribution is 0.195. The Labute approximate surface area is 113 Å². The van der Waals surface area contributed by atoms with Crippen LogP contribution in [0.4, 0.5) is 0 Å². The SMILES string of the molecule is CCN1CCC(NC(C)CC2CCCCN2)CC1. The van der Waals surface area contributed by atoms with E-state index in [0.29, 0.717) is 6.04 Å². The van der Waals surface area contributed by atoms with Gasteiger partial charge in [-0.3, -0.25) is 0 Å². The van der Waals surface area contributed by atoms with E-state index in [4.69, 9.17) is 0 Å². The van der Waals surface area contributed by atoms with Crippen molar-refractivity contribution < 1.29 is 0 Å². The predicted molar refractivity (Wildman–Crippen MR) is 78.0 cm³/mol. The van der Waals surface area contributed by atoms with Gasteiger partial charge in [0.15, 0.2) is 0 Å². The minimum absolute atomic E-state index is 0.666. The number of nitrogens with one attached hydrogen (secondary N) is 2. The first kappa shape index (κ1) is 14.3. The van der Waals surface area contributed by atoms with Crippen LogP contribution in [0.3, 0.4) is 0 Å². The van der Waals surface area contributed by atoms with Crippen molar-refractivity contribution in [2.45, 2.75) is 70.5 Å². The van der Waals surface area contributed by atoms with Gasteiger partial charge in [0, 0.05) is 18.1 Å². The molecule has 0 radical (unpaired) electrons. The van der Waals surface area contributed by atoms with Crippen LogP contribution in [0.15, 0.2) is 0 Å². The number of hydrogen-bond acceptors (Lipinski definition) is 3. The van der Waals surface area contributed by atoms with Crippen LogP contribution in [0.25, 0.3) is 0 Å². The van der Waals surface area contributed by atoms with E-state index >= 15 is 0 Å². The molecule has 2 heterocycles. The van der Waals surface area contributed by atoms with Crippen molar-refractivity contribution >= 4 is 0 Å². The fraction of sp³-hybridized carbons (Fsp3) is 1.00. The number of hydrogen-bond donors (Lipinski definition) is 2. The van der Waals surface area contributed by atoms with Crippen LogP contribution >= 0.6 is 0 Å². The van der Waals surface area contributed by atoms with E-state index in [1.807, 2.05) is 0 Å². The zero-order valence-corrected chi connectivity index (χ0v) is 12.3. The number of likely N-dealkylation sites (tertiary alicyclic amines) is 1. The summed E-state index contributed by atoms with van der Waals surface area (Å²) in [6, 6.07) is 2.18. The van der Waals surface area contributed by atoms with Gasteiger partial charge in [-0.2, -0.15) is 0 Å². The smallest absolute Gasteiger partial charge is 0.00938 e. The summed E-state index contributed by atoms with van der Waals surface area (Å²) in [5, 5.41) is 7.50. The normalized spacial score (nSPS) is 29.3. The molecule has 0 aromatic carbocycles. The third-order valence-corrected chi connectivity index (χ3v) is 4.61. The van der Waals surface area contributed by atoms with Gasteiger partial charge in [0.05, 0.1) is 0 Å². The topological polar surface area (TPSA) is 27.3 Å². The molecule has 2 atom stereocenters. The first-order valence-electron chi connectivity index (χ1n) is 7.99. The fourth-order valence-electron chi connectivity index (χ4n) is 3.44. The van der Waals surface area contributed by atoms with E-state index < -0.39 is 0 Å². The number of piperidine rings is 2. The first-order valence-corrected chi connectivity index (χ1v) is 7.99. The highest BCUT2D eigenvalue weighted by Gasteiger charge is 2.21. The molecule has 2 fully saturated rings. The Kier molecular flexibility index (Phi) is 5.93. The Balaban J connectivity index is 1.63. The lowest BCUT2D eigenvalue weighted by Gasteiger charge is -2.34. The van der Waals surface area contributed by atoms with Crippen LogP contribution in [0.2, 0.25) is 0 Å². The number of rotatable bonds is 5. The molecule has 0 bridgehead atoms. The molecular formula is C15H31N3. The molecule has 2 unspecified atom stereocenters. The van der Waals surface area contributed by atoms with Gasteiger partial charge in [-0.15, -0.1) is 0 Å². The summed E-state index contributed by atoms with van der Waals surface area (Å²) in [5.41, 5.74) is 0. The zero-order chi connectivity index (χ0) is 12.8. The highest BCUT2D eigenvalue weighted by atomic mass is 15.1. The van der Waals surface area contributed by atoms with Crippen LogP contribution in [0.5, 0.6) is 0 Å². The molecule has 3 nitrogen and oxygen atoms in total. The van der Waals surface area contributed by atoms with Gasteiger partial charge < -0.3 is 15.5 Å². The van der Waals surface area contributed by atoms with E-state index in [2.05, 4.69) is 29.4 Å². The monoisotopic (exact) mass is 253 g/mol. The van der Waals surface area contributed by atoms with Crippen molar-refractivity contribution in [1.82, 2.24) is 15.5 Å². The van der Waals surface area contributed by atoms with Gasteiger partial charge in [-0.1, -0.05) is 13.3 Å². The highest BCUT2D eigenvalue weighted by molar-refractivity contribution is 4.82. The molecule has 2 aliphatic heterocycles. The maximum Gasteiger partial charge on any atom is 0.00938 e. The molecule has 2 saturated heterocycles. The van der Waals surface area contributed by atoms with E-state index in [1.54, 1.807) is 0 Å². The molecule has 0 aliphatic carbocycles. The summed E-state index contributed by atoms with van der Waals surface area (Å²) >= 11 is 0. The standard InChI is InChI=1S/C15H31N3/c1-3-18-10-7-14(8-11-18)17-13(2)12-15-6-4-5-9-16-15/h13-17H,3-12H2,1-2H3. The minimum Gasteiger partial charge on any atom is -0.314 e. The summed E-state index contributed by atoms with van der Waals surface area (Å²) in [6.07, 6.45) is 8.12. The quantitative estimate of drug-likeness (QED) is 0.784. The second-order valence-corrected chi connectivity index (χ2v) is 6.16. The Hall–Kier alpha value is -0.120. The predicted octanol–water partition coefficient (Wildman–Crippen LogP) is 1.98. The van der Waals surface area contributed by atoms with Crippen LogP contribution in [0, 0.1) is 0 Å². The van der Waals surface area contributed by atoms with Gasteiger partial charge in [-0.25, -0.2) is 0 Å². The van der Waals surface area contributed by atoms with E-state index in [9.17, 15) is 0 Å². The molecule has 2 aliphatic rings. The molecule has 3 heteroatoms. The molecule has 106 valence electrons. The molecule has 2 N–H and O–H groups in total. The first-order chi connectivity index (χ1) is 8.78. The number of nitrogens with zero attached hydrogens (tertiary/aromatic N) is 1. The van der Waals surface area contributed by atoms with Gasteiger partial charge in [0.2, 0.25) is 0 Å². The molecule has 0 aromatic heterocycles. The van der Waals surface area contributed by atoms with Gasteiger partial charge in [0.1, 0.15) is 0 Å². The largest absolute Gasteiger partial charge is 0.314 e. The van der Waals surface area contributed by atoms with Crippen molar-refractivity contribution in [3.63, 3.8) is 0 Å². The van der Waals surface area contributed by atoms with Gasteiger partial charge in [0.25, 0.3) is 0 Å². The summed E-state index contributed by atoms with van der Waals surface area (Å²) < 4.78 is 0. The van der Waals surface area contributed by atoms with Crippen molar-refractivity contribution in [2.75, 3.05) is 26.2 Å². The maximum atomic E-state index is 3.84. The molecule has 2 rings (SSSR count). The summed E-state index contributed by atoms with van der Waals surface area (Å²) in [6.45, 7) is 9.64. The minimum atomic E-state index is 0.666. The van der Waals surface area contributed by atoms with Crippen molar-refractivity contribution in [1.29, 1.82) is 0 Å². The second kappa shape index (κ2) is 7.46. The van der Waals surface area contributed by atoms with Crippen LogP contribution < -0.4 is 10.6 Å². The second-order valence-electron chi connectivity index (χ2n) is 6.16. The molecule has 18 heavy (non-hydrogen) atoms. The third-order valence-electron chi connectivity index (χ3n) is 4.61. The summed E-state index contributed by atoms with van der Waals surface area (Å²) in [4.78, 5) is 2.56. The molecule has 0 aromatic rings.